The minimum Gasteiger partial charge on any atom is -0.354 e. The van der Waals surface area contributed by atoms with Gasteiger partial charge >= 0.3 is 0 Å². The van der Waals surface area contributed by atoms with E-state index in [-0.39, 0.29) is 35.8 Å². The first kappa shape index (κ1) is 23.6. The number of rotatable bonds is 11. The molecule has 7 heteroatoms. The molecule has 2 rings (SSSR count). The highest BCUT2D eigenvalue weighted by atomic mass is 32.2. The lowest BCUT2D eigenvalue weighted by atomic mass is 10.0. The number of hydrogen-bond acceptors (Lipinski definition) is 4. The van der Waals surface area contributed by atoms with Crippen LogP contribution >= 0.6 is 0 Å². The maximum Gasteiger partial charge on any atom is 0.247 e. The van der Waals surface area contributed by atoms with Gasteiger partial charge in [-0.2, -0.15) is 0 Å². The average molecular weight is 431 g/mol. The van der Waals surface area contributed by atoms with Crippen LogP contribution in [0.2, 0.25) is 0 Å². The second-order valence-electron chi connectivity index (χ2n) is 7.73. The number of carbonyl (C=O) groups is 2. The zero-order valence-corrected chi connectivity index (χ0v) is 18.3. The summed E-state index contributed by atoms with van der Waals surface area (Å²) in [6.45, 7) is 4.09. The highest BCUT2D eigenvalue weighted by molar-refractivity contribution is 7.90. The van der Waals surface area contributed by atoms with Crippen LogP contribution in [0, 0.1) is 5.92 Å². The minimum absolute atomic E-state index is 0.0142. The lowest BCUT2D eigenvalue weighted by Crippen LogP contribution is -2.41. The number of hydrogen-bond donors (Lipinski definition) is 2. The van der Waals surface area contributed by atoms with Crippen molar-refractivity contribution in [2.45, 2.75) is 38.5 Å². The first-order valence-electron chi connectivity index (χ1n) is 10.1. The maximum atomic E-state index is 12.7. The van der Waals surface area contributed by atoms with E-state index in [0.717, 1.165) is 5.56 Å². The molecule has 0 bridgehead atoms. The maximum absolute atomic E-state index is 12.7. The number of carbonyl (C=O) groups excluding carboxylic acids is 2. The van der Waals surface area contributed by atoms with E-state index in [1.807, 2.05) is 38.1 Å². The van der Waals surface area contributed by atoms with Gasteiger partial charge in [0.15, 0.2) is 9.84 Å². The number of benzene rings is 2. The van der Waals surface area contributed by atoms with E-state index in [2.05, 4.69) is 10.6 Å². The van der Waals surface area contributed by atoms with Gasteiger partial charge in [-0.1, -0.05) is 74.5 Å². The molecule has 2 N–H and O–H groups in total. The van der Waals surface area contributed by atoms with Crippen LogP contribution in [-0.4, -0.2) is 32.5 Å². The van der Waals surface area contributed by atoms with Crippen molar-refractivity contribution in [3.63, 3.8) is 0 Å². The van der Waals surface area contributed by atoms with Gasteiger partial charge in [0.2, 0.25) is 11.8 Å². The van der Waals surface area contributed by atoms with Crippen LogP contribution < -0.4 is 10.6 Å². The molecular formula is C23H30N2O4S. The molecule has 0 saturated carbocycles. The van der Waals surface area contributed by atoms with Gasteiger partial charge in [-0.15, -0.1) is 0 Å². The largest absolute Gasteiger partial charge is 0.354 e. The Bertz CT molecular complexity index is 913. The highest BCUT2D eigenvalue weighted by Gasteiger charge is 2.23. The van der Waals surface area contributed by atoms with Crippen LogP contribution in [0.5, 0.6) is 0 Å². The van der Waals surface area contributed by atoms with Gasteiger partial charge in [-0.05, 0) is 23.5 Å². The topological polar surface area (TPSA) is 92.3 Å². The molecule has 6 nitrogen and oxygen atoms in total. The molecule has 0 saturated heterocycles. The van der Waals surface area contributed by atoms with E-state index >= 15 is 0 Å². The first-order valence-corrected chi connectivity index (χ1v) is 12.0. The molecule has 30 heavy (non-hydrogen) atoms. The van der Waals surface area contributed by atoms with Gasteiger partial charge in [-0.25, -0.2) is 8.42 Å². The summed E-state index contributed by atoms with van der Waals surface area (Å²) >= 11 is 0. The molecule has 0 heterocycles. The van der Waals surface area contributed by atoms with Crippen molar-refractivity contribution in [1.82, 2.24) is 10.6 Å². The normalized spacial score (nSPS) is 12.4. The summed E-state index contributed by atoms with van der Waals surface area (Å²) in [6, 6.07) is 17.2. The lowest BCUT2D eigenvalue weighted by Gasteiger charge is -2.19. The zero-order chi connectivity index (χ0) is 22.0. The van der Waals surface area contributed by atoms with E-state index in [1.54, 1.807) is 36.4 Å². The Morgan fingerprint density at radius 3 is 2.13 bits per heavy atom. The zero-order valence-electron chi connectivity index (χ0n) is 17.5. The van der Waals surface area contributed by atoms with Gasteiger partial charge < -0.3 is 10.6 Å². The molecular weight excluding hydrogens is 400 g/mol. The monoisotopic (exact) mass is 430 g/mol. The van der Waals surface area contributed by atoms with Crippen LogP contribution in [0.3, 0.4) is 0 Å². The molecule has 0 fully saturated rings. The predicted octanol–water partition coefficient (Wildman–Crippen LogP) is 3.01. The average Bonchev–Trinajstić information content (AvgIpc) is 2.70. The molecule has 1 atom stereocenters. The van der Waals surface area contributed by atoms with E-state index < -0.39 is 15.9 Å². The third-order valence-corrected chi connectivity index (χ3v) is 6.14. The van der Waals surface area contributed by atoms with Crippen molar-refractivity contribution in [2.75, 3.05) is 12.3 Å². The predicted molar refractivity (Wildman–Crippen MR) is 118 cm³/mol. The van der Waals surface area contributed by atoms with Crippen LogP contribution in [0.4, 0.5) is 0 Å². The van der Waals surface area contributed by atoms with Crippen LogP contribution in [-0.2, 0) is 25.2 Å². The first-order chi connectivity index (χ1) is 14.3. The SMILES string of the molecule is CC(C)CC(=O)NC(C(=O)NCCCS(=O)(=O)Cc1ccccc1)c1ccccc1. The molecule has 0 spiro atoms. The van der Waals surface area contributed by atoms with Crippen molar-refractivity contribution in [1.29, 1.82) is 0 Å². The Hall–Kier alpha value is -2.67. The van der Waals surface area contributed by atoms with Crippen LogP contribution in [0.25, 0.3) is 0 Å². The standard InChI is InChI=1S/C23H30N2O4S/c1-18(2)16-21(26)25-22(20-12-7-4-8-13-20)23(27)24-14-9-15-30(28,29)17-19-10-5-3-6-11-19/h3-8,10-13,18,22H,9,14-17H2,1-2H3,(H,24,27)(H,25,26). The van der Waals surface area contributed by atoms with E-state index in [4.69, 9.17) is 0 Å². The Balaban J connectivity index is 1.89. The summed E-state index contributed by atoms with van der Waals surface area (Å²) in [5.41, 5.74) is 1.43. The molecule has 0 aliphatic rings. The van der Waals surface area contributed by atoms with Gasteiger partial charge in [0.05, 0.1) is 11.5 Å². The summed E-state index contributed by atoms with van der Waals surface area (Å²) in [4.78, 5) is 24.9. The lowest BCUT2D eigenvalue weighted by molar-refractivity contribution is -0.129. The van der Waals surface area contributed by atoms with Gasteiger partial charge in [0.1, 0.15) is 6.04 Å². The fraction of sp³-hybridized carbons (Fsp3) is 0.391. The van der Waals surface area contributed by atoms with Gasteiger partial charge in [0.25, 0.3) is 0 Å². The summed E-state index contributed by atoms with van der Waals surface area (Å²) in [7, 11) is -3.26. The van der Waals surface area contributed by atoms with E-state index in [9.17, 15) is 18.0 Å². The fourth-order valence-electron chi connectivity index (χ4n) is 3.04. The second kappa shape index (κ2) is 11.5. The van der Waals surface area contributed by atoms with Crippen molar-refractivity contribution < 1.29 is 18.0 Å². The molecule has 0 aliphatic heterocycles. The van der Waals surface area contributed by atoms with E-state index in [1.165, 1.54) is 0 Å². The molecule has 0 aliphatic carbocycles. The Labute approximate surface area is 179 Å². The van der Waals surface area contributed by atoms with Crippen LogP contribution in [0.15, 0.2) is 60.7 Å². The Morgan fingerprint density at radius 2 is 1.53 bits per heavy atom. The molecule has 2 aromatic carbocycles. The van der Waals surface area contributed by atoms with Crippen LogP contribution in [0.1, 0.15) is 43.9 Å². The summed E-state index contributed by atoms with van der Waals surface area (Å²) in [5, 5.41) is 5.54. The molecule has 162 valence electrons. The summed E-state index contributed by atoms with van der Waals surface area (Å²) in [5.74, 6) is -0.394. The molecule has 1 unspecified atom stereocenters. The Kier molecular flexibility index (Phi) is 9.05. The van der Waals surface area contributed by atoms with Crippen molar-refractivity contribution in [3.8, 4) is 0 Å². The molecule has 0 aromatic heterocycles. The number of amides is 2. The summed E-state index contributed by atoms with van der Waals surface area (Å²) < 4.78 is 24.6. The van der Waals surface area contributed by atoms with Crippen molar-refractivity contribution in [2.24, 2.45) is 5.92 Å². The third kappa shape index (κ3) is 8.37. The van der Waals surface area contributed by atoms with Gasteiger partial charge in [-0.3, -0.25) is 9.59 Å². The van der Waals surface area contributed by atoms with Crippen molar-refractivity contribution in [3.05, 3.63) is 71.8 Å². The molecule has 2 aromatic rings. The quantitative estimate of drug-likeness (QED) is 0.536. The minimum atomic E-state index is -3.26. The van der Waals surface area contributed by atoms with Crippen molar-refractivity contribution >= 4 is 21.7 Å². The molecule has 2 amide bonds. The number of sulfone groups is 1. The smallest absolute Gasteiger partial charge is 0.247 e. The van der Waals surface area contributed by atoms with E-state index in [0.29, 0.717) is 18.4 Å². The molecule has 0 radical (unpaired) electrons. The third-order valence-electron chi connectivity index (χ3n) is 4.45. The fourth-order valence-corrected chi connectivity index (χ4v) is 4.47. The highest BCUT2D eigenvalue weighted by Crippen LogP contribution is 2.14. The number of nitrogens with one attached hydrogen (secondary N) is 2. The summed E-state index contributed by atoms with van der Waals surface area (Å²) in [6.07, 6.45) is 0.636. The Morgan fingerprint density at radius 1 is 0.933 bits per heavy atom. The second-order valence-corrected chi connectivity index (χ2v) is 9.92. The van der Waals surface area contributed by atoms with Gasteiger partial charge in [0, 0.05) is 13.0 Å².